The first kappa shape index (κ1) is 17.4. The van der Waals surface area contributed by atoms with Crippen molar-refractivity contribution in [2.24, 2.45) is 0 Å². The minimum absolute atomic E-state index is 0.123. The number of benzene rings is 2. The molecule has 1 amide bonds. The number of para-hydroxylation sites is 1. The van der Waals surface area contributed by atoms with Crippen LogP contribution >= 0.6 is 0 Å². The number of carbonyl (C=O) groups is 1. The van der Waals surface area contributed by atoms with Gasteiger partial charge in [0.05, 0.1) is 11.3 Å². The Balaban J connectivity index is 1.65. The van der Waals surface area contributed by atoms with Crippen LogP contribution in [0.1, 0.15) is 16.8 Å². The third-order valence-corrected chi connectivity index (χ3v) is 6.50. The maximum atomic E-state index is 12.9. The Kier molecular flexibility index (Phi) is 4.04. The van der Waals surface area contributed by atoms with Crippen molar-refractivity contribution in [1.82, 2.24) is 9.29 Å². The lowest BCUT2D eigenvalue weighted by molar-refractivity contribution is -0.115. The molecule has 0 spiro atoms. The minimum Gasteiger partial charge on any atom is -0.358 e. The molecule has 1 aliphatic rings. The van der Waals surface area contributed by atoms with Gasteiger partial charge in [-0.3, -0.25) is 9.10 Å². The zero-order chi connectivity index (χ0) is 19.2. The fraction of sp³-hybridized carbons (Fsp3) is 0.150. The highest BCUT2D eigenvalue weighted by molar-refractivity contribution is 7.89. The number of nitrogens with zero attached hydrogens (tertiary/aromatic N) is 1. The summed E-state index contributed by atoms with van der Waals surface area (Å²) in [4.78, 5) is 14.9. The molecule has 0 atom stereocenters. The number of sulfonamides is 1. The van der Waals surface area contributed by atoms with Gasteiger partial charge in [-0.25, -0.2) is 8.42 Å². The maximum absolute atomic E-state index is 12.9. The molecule has 1 aliphatic heterocycles. The average molecular weight is 381 g/mol. The monoisotopic (exact) mass is 381 g/mol. The molecule has 3 aromatic rings. The van der Waals surface area contributed by atoms with Gasteiger partial charge in [-0.15, -0.1) is 0 Å². The first-order chi connectivity index (χ1) is 12.9. The second-order valence-corrected chi connectivity index (χ2v) is 8.59. The standard InChI is InChI=1S/C20H19N3O3S/c1-13-16(17-5-3-4-6-19(17)21-13)9-10-23(2)27(25,26)15-7-8-18-14(11-15)12-20(24)22-18/h3-11,21H,12H2,1-2H3,(H,22,24). The molecule has 2 N–H and O–H groups in total. The predicted molar refractivity (Wildman–Crippen MR) is 106 cm³/mol. The van der Waals surface area contributed by atoms with Crippen LogP contribution < -0.4 is 5.32 Å². The molecule has 0 saturated heterocycles. The molecule has 4 rings (SSSR count). The summed E-state index contributed by atoms with van der Waals surface area (Å²) < 4.78 is 27.0. The number of aryl methyl sites for hydroxylation is 1. The highest BCUT2D eigenvalue weighted by Gasteiger charge is 2.23. The number of nitrogens with one attached hydrogen (secondary N) is 2. The number of anilines is 1. The van der Waals surface area contributed by atoms with E-state index in [9.17, 15) is 13.2 Å². The van der Waals surface area contributed by atoms with Crippen molar-refractivity contribution in [2.45, 2.75) is 18.2 Å². The molecule has 7 heteroatoms. The van der Waals surface area contributed by atoms with E-state index >= 15 is 0 Å². The molecule has 0 unspecified atom stereocenters. The summed E-state index contributed by atoms with van der Waals surface area (Å²) in [5.74, 6) is -0.123. The molecular formula is C20H19N3O3S. The zero-order valence-corrected chi connectivity index (χ0v) is 15.8. The van der Waals surface area contributed by atoms with Gasteiger partial charge in [-0.05, 0) is 42.8 Å². The average Bonchev–Trinajstić information content (AvgIpc) is 3.16. The summed E-state index contributed by atoms with van der Waals surface area (Å²) in [6.45, 7) is 1.96. The number of hydrogen-bond donors (Lipinski definition) is 2. The van der Waals surface area contributed by atoms with Crippen LogP contribution in [0.15, 0.2) is 53.6 Å². The van der Waals surface area contributed by atoms with E-state index in [2.05, 4.69) is 10.3 Å². The van der Waals surface area contributed by atoms with E-state index in [4.69, 9.17) is 0 Å². The van der Waals surface area contributed by atoms with E-state index < -0.39 is 10.0 Å². The first-order valence-corrected chi connectivity index (χ1v) is 9.96. The van der Waals surface area contributed by atoms with E-state index in [-0.39, 0.29) is 17.2 Å². The highest BCUT2D eigenvalue weighted by Crippen LogP contribution is 2.28. The lowest BCUT2D eigenvalue weighted by atomic mass is 10.1. The molecule has 0 aliphatic carbocycles. The Bertz CT molecular complexity index is 1190. The van der Waals surface area contributed by atoms with Crippen LogP contribution in [0.3, 0.4) is 0 Å². The Morgan fingerprint density at radius 1 is 1.15 bits per heavy atom. The van der Waals surface area contributed by atoms with E-state index in [1.165, 1.54) is 17.4 Å². The number of fused-ring (bicyclic) bond motifs is 2. The summed E-state index contributed by atoms with van der Waals surface area (Å²) in [6.07, 6.45) is 3.55. The number of amides is 1. The Hall–Kier alpha value is -3.06. The number of aromatic amines is 1. The number of carbonyl (C=O) groups excluding carboxylic acids is 1. The van der Waals surface area contributed by atoms with Crippen molar-refractivity contribution >= 4 is 38.6 Å². The number of rotatable bonds is 4. The van der Waals surface area contributed by atoms with Crippen LogP contribution in [-0.4, -0.2) is 30.7 Å². The Morgan fingerprint density at radius 3 is 2.74 bits per heavy atom. The van der Waals surface area contributed by atoms with Gasteiger partial charge in [-0.1, -0.05) is 18.2 Å². The normalized spacial score (nSPS) is 13.9. The molecule has 0 fully saturated rings. The van der Waals surface area contributed by atoms with Crippen LogP contribution in [0.25, 0.3) is 17.0 Å². The number of hydrogen-bond acceptors (Lipinski definition) is 3. The fourth-order valence-electron chi connectivity index (χ4n) is 3.31. The fourth-order valence-corrected chi connectivity index (χ4v) is 4.39. The zero-order valence-electron chi connectivity index (χ0n) is 15.0. The van der Waals surface area contributed by atoms with Crippen molar-refractivity contribution < 1.29 is 13.2 Å². The first-order valence-electron chi connectivity index (χ1n) is 8.52. The minimum atomic E-state index is -3.70. The highest BCUT2D eigenvalue weighted by atomic mass is 32.2. The molecule has 0 saturated carbocycles. The van der Waals surface area contributed by atoms with E-state index in [1.807, 2.05) is 31.2 Å². The second kappa shape index (κ2) is 6.28. The number of H-pyrrole nitrogens is 1. The van der Waals surface area contributed by atoms with Gasteiger partial charge in [0.25, 0.3) is 10.0 Å². The van der Waals surface area contributed by atoms with Crippen molar-refractivity contribution in [3.05, 3.63) is 65.5 Å². The summed E-state index contributed by atoms with van der Waals surface area (Å²) in [7, 11) is -2.19. The smallest absolute Gasteiger partial charge is 0.263 e. The lowest BCUT2D eigenvalue weighted by Crippen LogP contribution is -2.21. The Morgan fingerprint density at radius 2 is 1.93 bits per heavy atom. The van der Waals surface area contributed by atoms with E-state index in [0.717, 1.165) is 22.2 Å². The van der Waals surface area contributed by atoms with Gasteiger partial charge in [-0.2, -0.15) is 0 Å². The molecule has 2 heterocycles. The molecule has 27 heavy (non-hydrogen) atoms. The van der Waals surface area contributed by atoms with Crippen molar-refractivity contribution in [3.63, 3.8) is 0 Å². The largest absolute Gasteiger partial charge is 0.358 e. The molecule has 6 nitrogen and oxygen atoms in total. The van der Waals surface area contributed by atoms with Crippen molar-refractivity contribution in [2.75, 3.05) is 12.4 Å². The summed E-state index contributed by atoms with van der Waals surface area (Å²) in [5.41, 5.74) is 4.31. The summed E-state index contributed by atoms with van der Waals surface area (Å²) >= 11 is 0. The van der Waals surface area contributed by atoms with Crippen molar-refractivity contribution in [3.8, 4) is 0 Å². The third-order valence-electron chi connectivity index (χ3n) is 4.77. The van der Waals surface area contributed by atoms with E-state index in [0.29, 0.717) is 11.3 Å². The van der Waals surface area contributed by atoms with Gasteiger partial charge < -0.3 is 10.3 Å². The van der Waals surface area contributed by atoms with Crippen LogP contribution in [0, 0.1) is 6.92 Å². The SMILES string of the molecule is Cc1[nH]c2ccccc2c1C=CN(C)S(=O)(=O)c1ccc2c(c1)CC(=O)N2. The van der Waals surface area contributed by atoms with Gasteiger partial charge in [0.2, 0.25) is 5.91 Å². The van der Waals surface area contributed by atoms with Gasteiger partial charge >= 0.3 is 0 Å². The maximum Gasteiger partial charge on any atom is 0.263 e. The molecular weight excluding hydrogens is 362 g/mol. The van der Waals surface area contributed by atoms with Gasteiger partial charge in [0, 0.05) is 41.1 Å². The molecule has 0 bridgehead atoms. The van der Waals surface area contributed by atoms with Crippen LogP contribution in [0.2, 0.25) is 0 Å². The Labute approximate surface area is 157 Å². The van der Waals surface area contributed by atoms with Crippen molar-refractivity contribution in [1.29, 1.82) is 0 Å². The van der Waals surface area contributed by atoms with Crippen LogP contribution in [-0.2, 0) is 21.2 Å². The molecule has 2 aromatic carbocycles. The summed E-state index contributed by atoms with van der Waals surface area (Å²) in [5, 5.41) is 3.75. The molecule has 138 valence electrons. The molecule has 1 aromatic heterocycles. The second-order valence-electron chi connectivity index (χ2n) is 6.59. The predicted octanol–water partition coefficient (Wildman–Crippen LogP) is 3.26. The van der Waals surface area contributed by atoms with Crippen LogP contribution in [0.5, 0.6) is 0 Å². The van der Waals surface area contributed by atoms with E-state index in [1.54, 1.807) is 24.4 Å². The van der Waals surface area contributed by atoms with Crippen LogP contribution in [0.4, 0.5) is 5.69 Å². The van der Waals surface area contributed by atoms with Gasteiger partial charge in [0.1, 0.15) is 0 Å². The topological polar surface area (TPSA) is 82.3 Å². The lowest BCUT2D eigenvalue weighted by Gasteiger charge is -2.15. The summed E-state index contributed by atoms with van der Waals surface area (Å²) in [6, 6.07) is 12.6. The third kappa shape index (κ3) is 3.00. The quantitative estimate of drug-likeness (QED) is 0.728. The van der Waals surface area contributed by atoms with Gasteiger partial charge in [0.15, 0.2) is 0 Å². The number of aromatic nitrogens is 1. The molecule has 0 radical (unpaired) electrons.